The van der Waals surface area contributed by atoms with Gasteiger partial charge in [0.15, 0.2) is 5.79 Å². The molecule has 0 bridgehead atoms. The number of carboxylic acid groups (broad SMARTS) is 1. The second-order valence-corrected chi connectivity index (χ2v) is 5.45. The molecule has 0 radical (unpaired) electrons. The molecule has 18 heavy (non-hydrogen) atoms. The zero-order valence-corrected chi connectivity index (χ0v) is 10.5. The molecule has 1 saturated carbocycles. The quantitative estimate of drug-likeness (QED) is 0.754. The molecule has 2 fully saturated rings. The maximum Gasteiger partial charge on any atom is 0.307 e. The van der Waals surface area contributed by atoms with E-state index in [1.165, 1.54) is 0 Å². The van der Waals surface area contributed by atoms with E-state index in [1.807, 2.05) is 0 Å². The third-order valence-electron chi connectivity index (χ3n) is 4.07. The molecule has 102 valence electrons. The van der Waals surface area contributed by atoms with E-state index >= 15 is 0 Å². The number of carboxylic acids is 1. The first-order valence-corrected chi connectivity index (χ1v) is 6.01. The first-order valence-electron chi connectivity index (χ1n) is 6.01. The van der Waals surface area contributed by atoms with E-state index in [0.29, 0.717) is 26.1 Å². The van der Waals surface area contributed by atoms with Crippen molar-refractivity contribution in [2.75, 3.05) is 13.2 Å². The summed E-state index contributed by atoms with van der Waals surface area (Å²) < 4.78 is 16.2. The van der Waals surface area contributed by atoms with Gasteiger partial charge in [0.1, 0.15) is 6.10 Å². The van der Waals surface area contributed by atoms with Crippen LogP contribution in [0.5, 0.6) is 0 Å². The molecule has 6 nitrogen and oxygen atoms in total. The van der Waals surface area contributed by atoms with Crippen LogP contribution in [-0.4, -0.2) is 42.7 Å². The molecule has 2 rings (SSSR count). The Hall–Kier alpha value is -1.14. The second-order valence-electron chi connectivity index (χ2n) is 5.45. The zero-order chi connectivity index (χ0) is 13.4. The van der Waals surface area contributed by atoms with Crippen molar-refractivity contribution in [3.63, 3.8) is 0 Å². The number of hydrogen-bond donors (Lipinski definition) is 1. The minimum absolute atomic E-state index is 0.286. The van der Waals surface area contributed by atoms with Crippen LogP contribution >= 0.6 is 0 Å². The zero-order valence-electron chi connectivity index (χ0n) is 10.5. The van der Waals surface area contributed by atoms with Crippen molar-refractivity contribution in [2.45, 2.75) is 38.6 Å². The van der Waals surface area contributed by atoms with Gasteiger partial charge in [-0.3, -0.25) is 9.59 Å². The minimum atomic E-state index is -0.919. The molecule has 2 atom stereocenters. The number of ether oxygens (including phenoxy) is 3. The van der Waals surface area contributed by atoms with E-state index < -0.39 is 29.2 Å². The van der Waals surface area contributed by atoms with Crippen LogP contribution in [0.4, 0.5) is 0 Å². The van der Waals surface area contributed by atoms with Gasteiger partial charge in [-0.05, 0) is 0 Å². The molecule has 2 aliphatic rings. The Morgan fingerprint density at radius 2 is 1.94 bits per heavy atom. The lowest BCUT2D eigenvalue weighted by Gasteiger charge is -2.48. The maximum atomic E-state index is 11.4. The van der Waals surface area contributed by atoms with Gasteiger partial charge in [0, 0.05) is 18.3 Å². The van der Waals surface area contributed by atoms with E-state index in [2.05, 4.69) is 0 Å². The SMILES string of the molecule is CC1(C)C(OC=O)CC2(CC1C(=O)O)OCCO2. The lowest BCUT2D eigenvalue weighted by molar-refractivity contribution is -0.239. The van der Waals surface area contributed by atoms with Gasteiger partial charge in [-0.1, -0.05) is 13.8 Å². The smallest absolute Gasteiger partial charge is 0.307 e. The van der Waals surface area contributed by atoms with E-state index in [0.717, 1.165) is 0 Å². The molecule has 0 amide bonds. The molecule has 0 aromatic heterocycles. The normalized spacial score (nSPS) is 33.2. The Bertz CT molecular complexity index is 344. The van der Waals surface area contributed by atoms with Crippen LogP contribution < -0.4 is 0 Å². The summed E-state index contributed by atoms with van der Waals surface area (Å²) in [5.74, 6) is -2.50. The van der Waals surface area contributed by atoms with E-state index in [-0.39, 0.29) is 6.42 Å². The molecular weight excluding hydrogens is 240 g/mol. The van der Waals surface area contributed by atoms with Crippen molar-refractivity contribution in [3.8, 4) is 0 Å². The number of rotatable bonds is 3. The topological polar surface area (TPSA) is 82.1 Å². The molecule has 2 unspecified atom stereocenters. The van der Waals surface area contributed by atoms with E-state index in [1.54, 1.807) is 13.8 Å². The molecule has 1 aliphatic heterocycles. The van der Waals surface area contributed by atoms with Crippen LogP contribution in [0.1, 0.15) is 26.7 Å². The van der Waals surface area contributed by atoms with E-state index in [4.69, 9.17) is 14.2 Å². The number of aliphatic carboxylic acids is 1. The monoisotopic (exact) mass is 258 g/mol. The van der Waals surface area contributed by atoms with Crippen LogP contribution in [0.2, 0.25) is 0 Å². The summed E-state index contributed by atoms with van der Waals surface area (Å²) in [6.45, 7) is 4.84. The highest BCUT2D eigenvalue weighted by molar-refractivity contribution is 5.71. The fraction of sp³-hybridized carbons (Fsp3) is 0.833. The lowest BCUT2D eigenvalue weighted by Crippen LogP contribution is -2.55. The van der Waals surface area contributed by atoms with Gasteiger partial charge in [-0.2, -0.15) is 0 Å². The fourth-order valence-corrected chi connectivity index (χ4v) is 2.86. The molecule has 6 heteroatoms. The maximum absolute atomic E-state index is 11.4. The average molecular weight is 258 g/mol. The molecule has 1 saturated heterocycles. The molecule has 0 aromatic rings. The number of carbonyl (C=O) groups excluding carboxylic acids is 1. The van der Waals surface area contributed by atoms with Crippen molar-refractivity contribution in [1.29, 1.82) is 0 Å². The van der Waals surface area contributed by atoms with Crippen molar-refractivity contribution in [1.82, 2.24) is 0 Å². The van der Waals surface area contributed by atoms with Gasteiger partial charge in [-0.15, -0.1) is 0 Å². The third kappa shape index (κ3) is 2.10. The third-order valence-corrected chi connectivity index (χ3v) is 4.07. The highest BCUT2D eigenvalue weighted by Crippen LogP contribution is 2.49. The average Bonchev–Trinajstić information content (AvgIpc) is 2.72. The minimum Gasteiger partial charge on any atom is -0.481 e. The van der Waals surface area contributed by atoms with Crippen molar-refractivity contribution >= 4 is 12.4 Å². The molecule has 0 aromatic carbocycles. The standard InChI is InChI=1S/C12H18O6/c1-11(2)8(10(14)15)5-12(17-3-4-18-12)6-9(11)16-7-13/h7-9H,3-6H2,1-2H3,(H,14,15). The first-order chi connectivity index (χ1) is 8.41. The number of hydrogen-bond acceptors (Lipinski definition) is 5. The van der Waals surface area contributed by atoms with Gasteiger partial charge in [-0.25, -0.2) is 0 Å². The Balaban J connectivity index is 2.28. The summed E-state index contributed by atoms with van der Waals surface area (Å²) in [5.41, 5.74) is -0.646. The van der Waals surface area contributed by atoms with Gasteiger partial charge in [0.2, 0.25) is 0 Å². The van der Waals surface area contributed by atoms with Crippen LogP contribution in [0, 0.1) is 11.3 Å². The predicted octanol–water partition coefficient (Wildman–Crippen LogP) is 0.792. The summed E-state index contributed by atoms with van der Waals surface area (Å²) in [5, 5.41) is 9.35. The predicted molar refractivity (Wildman–Crippen MR) is 59.7 cm³/mol. The van der Waals surface area contributed by atoms with Gasteiger partial charge < -0.3 is 19.3 Å². The Morgan fingerprint density at radius 3 is 2.44 bits per heavy atom. The first kappa shape index (κ1) is 13.3. The molecule has 1 spiro atoms. The van der Waals surface area contributed by atoms with Gasteiger partial charge in [0.05, 0.1) is 19.1 Å². The van der Waals surface area contributed by atoms with Gasteiger partial charge in [0.25, 0.3) is 6.47 Å². The van der Waals surface area contributed by atoms with Crippen molar-refractivity contribution in [3.05, 3.63) is 0 Å². The Morgan fingerprint density at radius 1 is 1.33 bits per heavy atom. The summed E-state index contributed by atoms with van der Waals surface area (Å²) in [4.78, 5) is 22.0. The fourth-order valence-electron chi connectivity index (χ4n) is 2.86. The summed E-state index contributed by atoms with van der Waals surface area (Å²) in [6.07, 6.45) is 0.138. The lowest BCUT2D eigenvalue weighted by atomic mass is 9.64. The largest absolute Gasteiger partial charge is 0.481 e. The summed E-state index contributed by atoms with van der Waals surface area (Å²) in [7, 11) is 0. The van der Waals surface area contributed by atoms with Crippen LogP contribution in [-0.2, 0) is 23.8 Å². The molecule has 1 N–H and O–H groups in total. The molecule has 1 heterocycles. The van der Waals surface area contributed by atoms with Crippen molar-refractivity contribution in [2.24, 2.45) is 11.3 Å². The second kappa shape index (κ2) is 4.51. The van der Waals surface area contributed by atoms with Crippen LogP contribution in [0.15, 0.2) is 0 Å². The van der Waals surface area contributed by atoms with Gasteiger partial charge >= 0.3 is 5.97 Å². The highest BCUT2D eigenvalue weighted by Gasteiger charge is 2.56. The Labute approximate surface area is 105 Å². The van der Waals surface area contributed by atoms with Crippen molar-refractivity contribution < 1.29 is 28.9 Å². The number of carbonyl (C=O) groups is 2. The van der Waals surface area contributed by atoms with Crippen LogP contribution in [0.3, 0.4) is 0 Å². The van der Waals surface area contributed by atoms with E-state index in [9.17, 15) is 14.7 Å². The van der Waals surface area contributed by atoms with Crippen LogP contribution in [0.25, 0.3) is 0 Å². The summed E-state index contributed by atoms with van der Waals surface area (Å²) in [6, 6.07) is 0. The molecule has 1 aliphatic carbocycles. The molecular formula is C12H18O6. The highest BCUT2D eigenvalue weighted by atomic mass is 16.7. The Kier molecular flexibility index (Phi) is 3.33. The summed E-state index contributed by atoms with van der Waals surface area (Å²) >= 11 is 0.